The Morgan fingerprint density at radius 3 is 2.71 bits per heavy atom. The number of para-hydroxylation sites is 1. The molecule has 1 fully saturated rings. The second kappa shape index (κ2) is 6.26. The fourth-order valence-electron chi connectivity index (χ4n) is 2.21. The van der Waals surface area contributed by atoms with Gasteiger partial charge < -0.3 is 15.3 Å². The minimum absolute atomic E-state index is 0.308. The summed E-state index contributed by atoms with van der Waals surface area (Å²) in [5.74, 6) is -2.81. The zero-order valence-electron chi connectivity index (χ0n) is 11.4. The van der Waals surface area contributed by atoms with Crippen LogP contribution in [0.3, 0.4) is 0 Å². The second-order valence-electron chi connectivity index (χ2n) is 4.85. The fraction of sp³-hybridized carbons (Fsp3) is 0.357. The van der Waals surface area contributed by atoms with Crippen LogP contribution in [-0.4, -0.2) is 35.5 Å². The molecule has 1 aromatic rings. The minimum Gasteiger partial charge on any atom is -0.480 e. The van der Waals surface area contributed by atoms with Gasteiger partial charge in [-0.2, -0.15) is 0 Å². The molecule has 1 aliphatic rings. The van der Waals surface area contributed by atoms with E-state index in [1.807, 2.05) is 18.2 Å². The number of carbonyl (C=O) groups excluding carboxylic acids is 2. The predicted molar refractivity (Wildman–Crippen MR) is 79.8 cm³/mol. The molecule has 6 nitrogen and oxygen atoms in total. The van der Waals surface area contributed by atoms with Gasteiger partial charge in [-0.1, -0.05) is 12.1 Å². The molecule has 1 aliphatic heterocycles. The number of nitrogens with one attached hydrogen (secondary N) is 1. The molecule has 1 aromatic carbocycles. The van der Waals surface area contributed by atoms with Crippen LogP contribution in [0, 0.1) is 5.92 Å². The first kappa shape index (κ1) is 15.5. The Hall–Kier alpha value is -1.89. The average Bonchev–Trinajstić information content (AvgIpc) is 2.81. The molecule has 0 bridgehead atoms. The van der Waals surface area contributed by atoms with Crippen molar-refractivity contribution in [3.05, 3.63) is 28.7 Å². The van der Waals surface area contributed by atoms with Crippen LogP contribution in [0.25, 0.3) is 0 Å². The van der Waals surface area contributed by atoms with E-state index in [0.29, 0.717) is 18.7 Å². The van der Waals surface area contributed by atoms with Gasteiger partial charge in [0.05, 0.1) is 5.69 Å². The summed E-state index contributed by atoms with van der Waals surface area (Å²) >= 11 is 3.38. The summed E-state index contributed by atoms with van der Waals surface area (Å²) in [5, 5.41) is 11.1. The summed E-state index contributed by atoms with van der Waals surface area (Å²) in [6, 6.07) is 6.26. The van der Waals surface area contributed by atoms with Crippen LogP contribution < -0.4 is 10.2 Å². The topological polar surface area (TPSA) is 86.7 Å². The van der Waals surface area contributed by atoms with E-state index in [-0.39, 0.29) is 5.91 Å². The van der Waals surface area contributed by atoms with Crippen molar-refractivity contribution in [2.24, 2.45) is 5.92 Å². The van der Waals surface area contributed by atoms with Crippen molar-refractivity contribution in [2.75, 3.05) is 11.4 Å². The van der Waals surface area contributed by atoms with Crippen molar-refractivity contribution < 1.29 is 19.5 Å². The molecule has 2 N–H and O–H groups in total. The van der Waals surface area contributed by atoms with E-state index in [9.17, 15) is 14.4 Å². The van der Waals surface area contributed by atoms with Crippen LogP contribution in [0.15, 0.2) is 28.7 Å². The van der Waals surface area contributed by atoms with Gasteiger partial charge in [0.15, 0.2) is 0 Å². The maximum atomic E-state index is 12.3. The van der Waals surface area contributed by atoms with Gasteiger partial charge in [-0.3, -0.25) is 14.4 Å². The van der Waals surface area contributed by atoms with Gasteiger partial charge >= 0.3 is 5.97 Å². The number of carboxylic acid groups (broad SMARTS) is 1. The monoisotopic (exact) mass is 354 g/mol. The highest BCUT2D eigenvalue weighted by Gasteiger charge is 2.38. The maximum Gasteiger partial charge on any atom is 0.325 e. The molecule has 1 heterocycles. The van der Waals surface area contributed by atoms with Crippen molar-refractivity contribution in [2.45, 2.75) is 19.4 Å². The smallest absolute Gasteiger partial charge is 0.325 e. The fourth-order valence-corrected chi connectivity index (χ4v) is 2.71. The maximum absolute atomic E-state index is 12.3. The molecule has 1 unspecified atom stereocenters. The molecule has 2 rings (SSSR count). The molecule has 0 saturated carbocycles. The molecule has 0 aliphatic carbocycles. The first-order chi connectivity index (χ1) is 9.91. The summed E-state index contributed by atoms with van der Waals surface area (Å²) in [7, 11) is 0. The summed E-state index contributed by atoms with van der Waals surface area (Å²) in [6.07, 6.45) is 0.373. The average molecular weight is 355 g/mol. The third-order valence-corrected chi connectivity index (χ3v) is 4.07. The summed E-state index contributed by atoms with van der Waals surface area (Å²) in [4.78, 5) is 36.6. The number of carboxylic acids is 1. The van der Waals surface area contributed by atoms with E-state index in [1.54, 1.807) is 11.0 Å². The molecule has 0 radical (unpaired) electrons. The van der Waals surface area contributed by atoms with Gasteiger partial charge in [0.1, 0.15) is 12.0 Å². The number of hydrogen-bond donors (Lipinski definition) is 2. The van der Waals surface area contributed by atoms with E-state index in [1.165, 1.54) is 6.92 Å². The van der Waals surface area contributed by atoms with Crippen molar-refractivity contribution in [3.8, 4) is 0 Å². The SMILES string of the molecule is C[C@@H](NC(=O)C1CCN(c2ccccc2Br)C1=O)C(=O)O. The van der Waals surface area contributed by atoms with Gasteiger partial charge in [-0.15, -0.1) is 0 Å². The number of benzene rings is 1. The van der Waals surface area contributed by atoms with Gasteiger partial charge in [-0.05, 0) is 41.4 Å². The number of amides is 2. The van der Waals surface area contributed by atoms with Crippen LogP contribution in [0.4, 0.5) is 5.69 Å². The summed E-state index contributed by atoms with van der Waals surface area (Å²) in [5.41, 5.74) is 0.712. The third kappa shape index (κ3) is 3.24. The van der Waals surface area contributed by atoms with Crippen LogP contribution in [0.2, 0.25) is 0 Å². The zero-order valence-corrected chi connectivity index (χ0v) is 13.0. The van der Waals surface area contributed by atoms with Gasteiger partial charge in [0.2, 0.25) is 11.8 Å². The van der Waals surface area contributed by atoms with Crippen LogP contribution in [-0.2, 0) is 14.4 Å². The third-order valence-electron chi connectivity index (χ3n) is 3.39. The largest absolute Gasteiger partial charge is 0.480 e. The Morgan fingerprint density at radius 1 is 1.43 bits per heavy atom. The Morgan fingerprint density at radius 2 is 2.10 bits per heavy atom. The highest BCUT2D eigenvalue weighted by molar-refractivity contribution is 9.10. The van der Waals surface area contributed by atoms with Gasteiger partial charge in [0, 0.05) is 11.0 Å². The Bertz CT molecular complexity index is 590. The molecule has 2 atom stereocenters. The summed E-state index contributed by atoms with van der Waals surface area (Å²) < 4.78 is 0.776. The van der Waals surface area contributed by atoms with Gasteiger partial charge in [0.25, 0.3) is 0 Å². The van der Waals surface area contributed by atoms with Crippen molar-refractivity contribution in [1.29, 1.82) is 0 Å². The van der Waals surface area contributed by atoms with Crippen LogP contribution in [0.5, 0.6) is 0 Å². The van der Waals surface area contributed by atoms with E-state index in [4.69, 9.17) is 5.11 Å². The number of halogens is 1. The number of aliphatic carboxylic acids is 1. The number of hydrogen-bond acceptors (Lipinski definition) is 3. The number of anilines is 1. The van der Waals surface area contributed by atoms with E-state index in [2.05, 4.69) is 21.2 Å². The quantitative estimate of drug-likeness (QED) is 0.800. The lowest BCUT2D eigenvalue weighted by Crippen LogP contribution is -2.44. The van der Waals surface area contributed by atoms with Gasteiger partial charge in [-0.25, -0.2) is 0 Å². The number of carbonyl (C=O) groups is 3. The lowest BCUT2D eigenvalue weighted by Gasteiger charge is -2.18. The Balaban J connectivity index is 2.10. The molecule has 0 spiro atoms. The van der Waals surface area contributed by atoms with E-state index >= 15 is 0 Å². The molecular weight excluding hydrogens is 340 g/mol. The molecular formula is C14H15BrN2O4. The lowest BCUT2D eigenvalue weighted by atomic mass is 10.1. The zero-order chi connectivity index (χ0) is 15.6. The number of rotatable bonds is 4. The van der Waals surface area contributed by atoms with Crippen molar-refractivity contribution in [3.63, 3.8) is 0 Å². The highest BCUT2D eigenvalue weighted by atomic mass is 79.9. The molecule has 7 heteroatoms. The van der Waals surface area contributed by atoms with Crippen LogP contribution in [0.1, 0.15) is 13.3 Å². The second-order valence-corrected chi connectivity index (χ2v) is 5.71. The molecule has 1 saturated heterocycles. The standard InChI is InChI=1S/C14H15BrN2O4/c1-8(14(20)21)16-12(18)9-6-7-17(13(9)19)11-5-3-2-4-10(11)15/h2-5,8-9H,6-7H2,1H3,(H,16,18)(H,20,21)/t8-,9?/m1/s1. The molecule has 112 valence electrons. The van der Waals surface area contributed by atoms with E-state index in [0.717, 1.165) is 4.47 Å². The van der Waals surface area contributed by atoms with Crippen molar-refractivity contribution >= 4 is 39.4 Å². The number of nitrogens with zero attached hydrogens (tertiary/aromatic N) is 1. The first-order valence-corrected chi connectivity index (χ1v) is 7.30. The van der Waals surface area contributed by atoms with E-state index < -0.39 is 23.8 Å². The van der Waals surface area contributed by atoms with Crippen LogP contribution >= 0.6 is 15.9 Å². The Labute approximate surface area is 130 Å². The normalized spacial score (nSPS) is 19.4. The molecule has 0 aromatic heterocycles. The molecule has 2 amide bonds. The Kier molecular flexibility index (Phi) is 4.62. The lowest BCUT2D eigenvalue weighted by molar-refractivity contribution is -0.143. The molecule has 21 heavy (non-hydrogen) atoms. The minimum atomic E-state index is -1.13. The summed E-state index contributed by atoms with van der Waals surface area (Å²) in [6.45, 7) is 1.80. The first-order valence-electron chi connectivity index (χ1n) is 6.51. The van der Waals surface area contributed by atoms with Crippen molar-refractivity contribution in [1.82, 2.24) is 5.32 Å². The highest BCUT2D eigenvalue weighted by Crippen LogP contribution is 2.31. The predicted octanol–water partition coefficient (Wildman–Crippen LogP) is 1.39.